The van der Waals surface area contributed by atoms with Gasteiger partial charge in [0.05, 0.1) is 19.0 Å². The molecule has 2 unspecified atom stereocenters. The van der Waals surface area contributed by atoms with Crippen molar-refractivity contribution in [3.8, 4) is 0 Å². The lowest BCUT2D eigenvalue weighted by atomic mass is 9.83. The fraction of sp³-hybridized carbons (Fsp3) is 0.571. The van der Waals surface area contributed by atoms with E-state index in [1.165, 1.54) is 11.9 Å². The lowest BCUT2D eigenvalue weighted by Gasteiger charge is -2.51. The predicted octanol–water partition coefficient (Wildman–Crippen LogP) is 1.24. The second kappa shape index (κ2) is 11.7. The van der Waals surface area contributed by atoms with E-state index in [0.29, 0.717) is 28.7 Å². The Bertz CT molecular complexity index is 1040. The predicted molar refractivity (Wildman–Crippen MR) is 133 cm³/mol. The van der Waals surface area contributed by atoms with Crippen molar-refractivity contribution >= 4 is 17.7 Å². The summed E-state index contributed by atoms with van der Waals surface area (Å²) in [6, 6.07) is 12.5. The van der Waals surface area contributed by atoms with E-state index in [1.807, 2.05) is 6.92 Å². The molecule has 194 valence electrons. The normalized spacial score (nSPS) is 29.5. The summed E-state index contributed by atoms with van der Waals surface area (Å²) in [4.78, 5) is 34.3. The number of carbonyl (C=O) groups is 2. The summed E-state index contributed by atoms with van der Waals surface area (Å²) in [7, 11) is 0. The molecule has 1 aromatic carbocycles. The molecule has 1 aromatic heterocycles. The number of rotatable bonds is 6. The number of hydrogen-bond acceptors (Lipinski definition) is 5. The Morgan fingerprint density at radius 2 is 1.81 bits per heavy atom. The third kappa shape index (κ3) is 6.24. The van der Waals surface area contributed by atoms with Gasteiger partial charge in [0.25, 0.3) is 5.91 Å². The van der Waals surface area contributed by atoms with E-state index in [0.717, 1.165) is 70.3 Å². The molecule has 1 amide bonds. The number of nitrogens with zero attached hydrogens (tertiary/aromatic N) is 3. The highest BCUT2D eigenvalue weighted by molar-refractivity contribution is 5.90. The average Bonchev–Trinajstić information content (AvgIpc) is 3.11. The number of fused-ring (bicyclic) bond motifs is 3. The van der Waals surface area contributed by atoms with Gasteiger partial charge < -0.3 is 26.9 Å². The fourth-order valence-electron chi connectivity index (χ4n) is 6.43. The van der Waals surface area contributed by atoms with Crippen molar-refractivity contribution in [2.24, 2.45) is 11.8 Å². The molecule has 4 heterocycles. The van der Waals surface area contributed by atoms with Gasteiger partial charge in [0, 0.05) is 30.5 Å². The van der Waals surface area contributed by atoms with E-state index in [9.17, 15) is 9.59 Å². The van der Waals surface area contributed by atoms with Gasteiger partial charge in [0.15, 0.2) is 12.6 Å². The number of aromatic nitrogens is 2. The lowest BCUT2D eigenvalue weighted by Crippen LogP contribution is -3.00. The zero-order valence-corrected chi connectivity index (χ0v) is 21.8. The second-order valence-corrected chi connectivity index (χ2v) is 10.8. The van der Waals surface area contributed by atoms with Crippen molar-refractivity contribution in [1.29, 1.82) is 0 Å². The standard InChI is InChI=1S/C28H36N4O3.ClH/c1-20-16-26(30-19-29-20)31-27(33)18-32-14-12-23(13-15-32)25(17-32)35-28(34)24-9-5-8-22(10-11-24)21-6-3-2-4-7-21;/h2-4,6-7,16,19,22-25H,5,8-15,17-18H2,1H3;1H/t22?,23?,24?,25-,32?;/m0./s1. The molecule has 8 heteroatoms. The molecule has 1 N–H and O–H groups in total. The van der Waals surface area contributed by atoms with E-state index >= 15 is 0 Å². The average molecular weight is 513 g/mol. The number of ether oxygens (including phenoxy) is 1. The van der Waals surface area contributed by atoms with E-state index < -0.39 is 0 Å². The van der Waals surface area contributed by atoms with Crippen LogP contribution in [0.3, 0.4) is 0 Å². The minimum Gasteiger partial charge on any atom is -1.00 e. The number of piperidine rings is 3. The van der Waals surface area contributed by atoms with Crippen LogP contribution >= 0.6 is 0 Å². The van der Waals surface area contributed by atoms with Gasteiger partial charge in [-0.1, -0.05) is 36.8 Å². The van der Waals surface area contributed by atoms with Gasteiger partial charge in [0.1, 0.15) is 18.7 Å². The molecule has 6 rings (SSSR count). The third-order valence-corrected chi connectivity index (χ3v) is 8.43. The van der Waals surface area contributed by atoms with Crippen molar-refractivity contribution < 1.29 is 31.2 Å². The third-order valence-electron chi connectivity index (χ3n) is 8.43. The molecule has 3 aliphatic heterocycles. The van der Waals surface area contributed by atoms with Gasteiger partial charge >= 0.3 is 5.97 Å². The molecule has 3 saturated heterocycles. The SMILES string of the molecule is Cc1cc(NC(=O)C[N+]23CCC(CC2)[C@@H](OC(=O)C2CCCC(c4ccccc4)CC2)C3)ncn1.[Cl-]. The minimum atomic E-state index is -0.0766. The van der Waals surface area contributed by atoms with Crippen LogP contribution in [0, 0.1) is 18.8 Å². The summed E-state index contributed by atoms with van der Waals surface area (Å²) in [5.41, 5.74) is 2.21. The van der Waals surface area contributed by atoms with Crippen molar-refractivity contribution in [1.82, 2.24) is 9.97 Å². The van der Waals surface area contributed by atoms with Crippen molar-refractivity contribution in [2.75, 3.05) is 31.5 Å². The summed E-state index contributed by atoms with van der Waals surface area (Å²) >= 11 is 0. The first-order valence-corrected chi connectivity index (χ1v) is 13.2. The molecule has 7 nitrogen and oxygen atoms in total. The van der Waals surface area contributed by atoms with Crippen molar-refractivity contribution in [3.63, 3.8) is 0 Å². The molecule has 2 bridgehead atoms. The first-order chi connectivity index (χ1) is 17.0. The van der Waals surface area contributed by atoms with Crippen LogP contribution in [-0.2, 0) is 14.3 Å². The van der Waals surface area contributed by atoms with Gasteiger partial charge in [-0.25, -0.2) is 9.97 Å². The number of nitrogens with one attached hydrogen (secondary N) is 1. The maximum Gasteiger partial charge on any atom is 0.309 e. The van der Waals surface area contributed by atoms with Crippen molar-refractivity contribution in [3.05, 3.63) is 54.0 Å². The first kappa shape index (κ1) is 26.6. The van der Waals surface area contributed by atoms with E-state index in [2.05, 4.69) is 45.6 Å². The fourth-order valence-corrected chi connectivity index (χ4v) is 6.43. The number of anilines is 1. The highest BCUT2D eigenvalue weighted by Crippen LogP contribution is 2.38. The van der Waals surface area contributed by atoms with Crippen LogP contribution in [0.25, 0.3) is 0 Å². The van der Waals surface area contributed by atoms with Crippen LogP contribution in [-0.4, -0.2) is 58.6 Å². The molecule has 4 aliphatic rings. The molecule has 0 radical (unpaired) electrons. The van der Waals surface area contributed by atoms with Gasteiger partial charge in [-0.3, -0.25) is 9.59 Å². The van der Waals surface area contributed by atoms with Gasteiger partial charge in [0.2, 0.25) is 0 Å². The largest absolute Gasteiger partial charge is 1.00 e. The van der Waals surface area contributed by atoms with Crippen molar-refractivity contribution in [2.45, 2.75) is 63.9 Å². The lowest BCUT2D eigenvalue weighted by molar-refractivity contribution is -0.939. The van der Waals surface area contributed by atoms with Gasteiger partial charge in [-0.05, 0) is 44.1 Å². The first-order valence-electron chi connectivity index (χ1n) is 13.2. The van der Waals surface area contributed by atoms with Gasteiger partial charge in [-0.15, -0.1) is 0 Å². The molecule has 4 fully saturated rings. The van der Waals surface area contributed by atoms with Crippen LogP contribution in [0.15, 0.2) is 42.7 Å². The summed E-state index contributed by atoms with van der Waals surface area (Å²) in [6.07, 6.45) is 8.48. The number of carbonyl (C=O) groups excluding carboxylic acids is 2. The van der Waals surface area contributed by atoms with Crippen LogP contribution in [0.5, 0.6) is 0 Å². The Morgan fingerprint density at radius 3 is 2.56 bits per heavy atom. The molecular formula is C28H37ClN4O3. The molecule has 1 saturated carbocycles. The molecule has 36 heavy (non-hydrogen) atoms. The molecular weight excluding hydrogens is 476 g/mol. The number of amides is 1. The monoisotopic (exact) mass is 512 g/mol. The van der Waals surface area contributed by atoms with E-state index in [1.54, 1.807) is 6.07 Å². The van der Waals surface area contributed by atoms with Crippen LogP contribution in [0.2, 0.25) is 0 Å². The summed E-state index contributed by atoms with van der Waals surface area (Å²) in [5.74, 6) is 1.45. The summed E-state index contributed by atoms with van der Waals surface area (Å²) in [5, 5.41) is 2.92. The topological polar surface area (TPSA) is 81.2 Å². The molecule has 3 atom stereocenters. The van der Waals surface area contributed by atoms with Crippen LogP contribution in [0.1, 0.15) is 62.1 Å². The highest BCUT2D eigenvalue weighted by atomic mass is 35.5. The van der Waals surface area contributed by atoms with Gasteiger partial charge in [-0.2, -0.15) is 0 Å². The minimum absolute atomic E-state index is 0. The smallest absolute Gasteiger partial charge is 0.309 e. The maximum absolute atomic E-state index is 13.2. The number of aryl methyl sites for hydroxylation is 1. The van der Waals surface area contributed by atoms with Crippen LogP contribution < -0.4 is 17.7 Å². The number of hydrogen-bond donors (Lipinski definition) is 1. The number of quaternary nitrogens is 1. The highest BCUT2D eigenvalue weighted by Gasteiger charge is 2.49. The molecule has 2 aromatic rings. The Balaban J connectivity index is 0.00000304. The second-order valence-electron chi connectivity index (χ2n) is 10.8. The Hall–Kier alpha value is -2.51. The summed E-state index contributed by atoms with van der Waals surface area (Å²) in [6.45, 7) is 4.95. The van der Waals surface area contributed by atoms with E-state index in [4.69, 9.17) is 4.74 Å². The number of halogens is 1. The van der Waals surface area contributed by atoms with Crippen LogP contribution in [0.4, 0.5) is 5.82 Å². The van der Waals surface area contributed by atoms with E-state index in [-0.39, 0.29) is 36.3 Å². The zero-order valence-electron chi connectivity index (χ0n) is 21.1. The summed E-state index contributed by atoms with van der Waals surface area (Å²) < 4.78 is 6.89. The molecule has 1 aliphatic carbocycles. The Kier molecular flexibility index (Phi) is 8.62. The maximum atomic E-state index is 13.2. The Morgan fingerprint density at radius 1 is 1.03 bits per heavy atom. The number of esters is 1. The quantitative estimate of drug-likeness (QED) is 0.358. The zero-order chi connectivity index (χ0) is 24.3. The Labute approximate surface area is 220 Å². The number of benzene rings is 1. The molecule has 0 spiro atoms.